The normalized spacial score (nSPS) is 8.67. The zero-order valence-corrected chi connectivity index (χ0v) is 7.04. The van der Waals surface area contributed by atoms with E-state index in [1.165, 1.54) is 12.1 Å². The molecule has 0 saturated heterocycles. The van der Waals surface area contributed by atoms with Crippen LogP contribution in [0, 0.1) is 0 Å². The van der Waals surface area contributed by atoms with Gasteiger partial charge in [-0.25, -0.2) is 0 Å². The van der Waals surface area contributed by atoms with Gasteiger partial charge in [-0.2, -0.15) is 0 Å². The van der Waals surface area contributed by atoms with Crippen LogP contribution < -0.4 is 0 Å². The summed E-state index contributed by atoms with van der Waals surface area (Å²) in [6, 6.07) is 6.11. The third-order valence-corrected chi connectivity index (χ3v) is 1.29. The molecule has 0 heterocycles. The van der Waals surface area contributed by atoms with E-state index in [0.29, 0.717) is 5.56 Å². The van der Waals surface area contributed by atoms with Crippen molar-refractivity contribution in [1.29, 1.82) is 0 Å². The second-order valence-electron chi connectivity index (χ2n) is 2.24. The summed E-state index contributed by atoms with van der Waals surface area (Å²) in [6.45, 7) is 0. The Morgan fingerprint density at radius 2 is 1.75 bits per heavy atom. The Hall–Kier alpha value is -1.22. The van der Waals surface area contributed by atoms with Crippen LogP contribution in [0.3, 0.4) is 0 Å². The number of aliphatic carboxylic acids is 1. The minimum atomic E-state index is -0.865. The molecule has 0 fully saturated rings. The first-order valence-electron chi connectivity index (χ1n) is 3.18. The Kier molecular flexibility index (Phi) is 4.15. The van der Waals surface area contributed by atoms with Crippen molar-refractivity contribution in [2.75, 3.05) is 0 Å². The standard InChI is InChI=1S/C8H8O3.ClH/c9-7-3-1-6(2-4-7)5-8(10)11;/h1-4,9H,5H2,(H,10,11);1H. The molecule has 0 saturated carbocycles. The quantitative estimate of drug-likeness (QED) is 0.739. The highest BCUT2D eigenvalue weighted by molar-refractivity contribution is 5.85. The van der Waals surface area contributed by atoms with Crippen LogP contribution >= 0.6 is 12.4 Å². The second kappa shape index (κ2) is 4.62. The number of hydrogen-bond donors (Lipinski definition) is 2. The van der Waals surface area contributed by atoms with E-state index in [9.17, 15) is 4.79 Å². The lowest BCUT2D eigenvalue weighted by molar-refractivity contribution is -0.136. The molecule has 2 N–H and O–H groups in total. The van der Waals surface area contributed by atoms with Crippen molar-refractivity contribution >= 4 is 18.4 Å². The van der Waals surface area contributed by atoms with Gasteiger partial charge in [0.2, 0.25) is 0 Å². The number of phenols is 1. The minimum absolute atomic E-state index is 0. The summed E-state index contributed by atoms with van der Waals surface area (Å²) < 4.78 is 0. The number of carbonyl (C=O) groups is 1. The molecular formula is C8H9ClO3. The van der Waals surface area contributed by atoms with Gasteiger partial charge in [0.05, 0.1) is 6.42 Å². The van der Waals surface area contributed by atoms with Gasteiger partial charge in [-0.05, 0) is 17.7 Å². The number of hydrogen-bond acceptors (Lipinski definition) is 2. The third-order valence-electron chi connectivity index (χ3n) is 1.29. The Bertz CT molecular complexity index is 256. The second-order valence-corrected chi connectivity index (χ2v) is 2.24. The summed E-state index contributed by atoms with van der Waals surface area (Å²) in [6.07, 6.45) is 0.000278. The van der Waals surface area contributed by atoms with E-state index in [1.54, 1.807) is 12.1 Å². The Labute approximate surface area is 76.1 Å². The molecule has 1 aromatic rings. The molecule has 1 aromatic carbocycles. The minimum Gasteiger partial charge on any atom is -0.508 e. The molecule has 0 atom stereocenters. The molecule has 0 aliphatic rings. The van der Waals surface area contributed by atoms with Gasteiger partial charge < -0.3 is 10.2 Å². The molecule has 0 spiro atoms. The summed E-state index contributed by atoms with van der Waals surface area (Å²) in [7, 11) is 0. The number of aromatic hydroxyl groups is 1. The van der Waals surface area contributed by atoms with Gasteiger partial charge in [0, 0.05) is 0 Å². The molecule has 12 heavy (non-hydrogen) atoms. The molecule has 66 valence electrons. The van der Waals surface area contributed by atoms with Gasteiger partial charge in [0.15, 0.2) is 0 Å². The number of carboxylic acids is 1. The Balaban J connectivity index is 0.00000121. The number of halogens is 1. The van der Waals surface area contributed by atoms with Crippen LogP contribution in [0.4, 0.5) is 0 Å². The average Bonchev–Trinajstić information content (AvgIpc) is 1.93. The lowest BCUT2D eigenvalue weighted by Crippen LogP contribution is -1.98. The monoisotopic (exact) mass is 188 g/mol. The maximum absolute atomic E-state index is 10.2. The van der Waals surface area contributed by atoms with Gasteiger partial charge in [0.1, 0.15) is 5.75 Å². The predicted octanol–water partition coefficient (Wildman–Crippen LogP) is 1.44. The number of benzene rings is 1. The van der Waals surface area contributed by atoms with Crippen molar-refractivity contribution in [2.24, 2.45) is 0 Å². The fraction of sp³-hybridized carbons (Fsp3) is 0.125. The molecule has 0 aliphatic carbocycles. The largest absolute Gasteiger partial charge is 0.508 e. The topological polar surface area (TPSA) is 57.5 Å². The molecule has 0 radical (unpaired) electrons. The van der Waals surface area contributed by atoms with Gasteiger partial charge in [-0.15, -0.1) is 12.4 Å². The Morgan fingerprint density at radius 3 is 2.17 bits per heavy atom. The SMILES string of the molecule is Cl.O=C(O)Cc1ccc(O)cc1. The predicted molar refractivity (Wildman–Crippen MR) is 46.7 cm³/mol. The van der Waals surface area contributed by atoms with E-state index < -0.39 is 5.97 Å². The van der Waals surface area contributed by atoms with Crippen molar-refractivity contribution in [2.45, 2.75) is 6.42 Å². The van der Waals surface area contributed by atoms with Crippen LogP contribution in [-0.4, -0.2) is 16.2 Å². The smallest absolute Gasteiger partial charge is 0.307 e. The molecular weight excluding hydrogens is 180 g/mol. The number of rotatable bonds is 2. The maximum Gasteiger partial charge on any atom is 0.307 e. The molecule has 0 bridgehead atoms. The molecule has 0 unspecified atom stereocenters. The molecule has 0 amide bonds. The molecule has 3 nitrogen and oxygen atoms in total. The zero-order chi connectivity index (χ0) is 8.27. The molecule has 1 rings (SSSR count). The summed E-state index contributed by atoms with van der Waals surface area (Å²) in [4.78, 5) is 10.2. The van der Waals surface area contributed by atoms with Crippen LogP contribution in [0.1, 0.15) is 5.56 Å². The van der Waals surface area contributed by atoms with Crippen LogP contribution in [0.5, 0.6) is 5.75 Å². The van der Waals surface area contributed by atoms with Crippen molar-refractivity contribution in [1.82, 2.24) is 0 Å². The molecule has 0 aliphatic heterocycles. The van der Waals surface area contributed by atoms with Gasteiger partial charge >= 0.3 is 5.97 Å². The van der Waals surface area contributed by atoms with E-state index in [-0.39, 0.29) is 24.6 Å². The van der Waals surface area contributed by atoms with Gasteiger partial charge in [0.25, 0.3) is 0 Å². The van der Waals surface area contributed by atoms with Gasteiger partial charge in [-0.3, -0.25) is 4.79 Å². The zero-order valence-electron chi connectivity index (χ0n) is 6.23. The molecule has 4 heteroatoms. The van der Waals surface area contributed by atoms with E-state index in [1.807, 2.05) is 0 Å². The summed E-state index contributed by atoms with van der Waals surface area (Å²) in [5.74, 6) is -0.713. The lowest BCUT2D eigenvalue weighted by Gasteiger charge is -1.95. The van der Waals surface area contributed by atoms with Crippen LogP contribution in [0.15, 0.2) is 24.3 Å². The van der Waals surface area contributed by atoms with E-state index in [0.717, 1.165) is 0 Å². The fourth-order valence-corrected chi connectivity index (χ4v) is 0.788. The van der Waals surface area contributed by atoms with Crippen molar-refractivity contribution in [3.63, 3.8) is 0 Å². The highest BCUT2D eigenvalue weighted by Crippen LogP contribution is 2.09. The highest BCUT2D eigenvalue weighted by atomic mass is 35.5. The van der Waals surface area contributed by atoms with Crippen molar-refractivity contribution in [3.8, 4) is 5.75 Å². The van der Waals surface area contributed by atoms with Crippen molar-refractivity contribution < 1.29 is 15.0 Å². The summed E-state index contributed by atoms with van der Waals surface area (Å²) in [5, 5.41) is 17.2. The number of phenolic OH excluding ortho intramolecular Hbond substituents is 1. The highest BCUT2D eigenvalue weighted by Gasteiger charge is 1.98. The first-order valence-corrected chi connectivity index (χ1v) is 3.18. The fourth-order valence-electron chi connectivity index (χ4n) is 0.788. The first-order chi connectivity index (χ1) is 5.18. The number of carboxylic acid groups (broad SMARTS) is 1. The van der Waals surface area contributed by atoms with E-state index >= 15 is 0 Å². The van der Waals surface area contributed by atoms with E-state index in [2.05, 4.69) is 0 Å². The van der Waals surface area contributed by atoms with Crippen LogP contribution in [-0.2, 0) is 11.2 Å². The van der Waals surface area contributed by atoms with Crippen LogP contribution in [0.2, 0.25) is 0 Å². The van der Waals surface area contributed by atoms with Gasteiger partial charge in [-0.1, -0.05) is 12.1 Å². The lowest BCUT2D eigenvalue weighted by atomic mass is 10.1. The van der Waals surface area contributed by atoms with Crippen molar-refractivity contribution in [3.05, 3.63) is 29.8 Å². The average molecular weight is 189 g/mol. The summed E-state index contributed by atoms with van der Waals surface area (Å²) in [5.41, 5.74) is 0.690. The summed E-state index contributed by atoms with van der Waals surface area (Å²) >= 11 is 0. The maximum atomic E-state index is 10.2. The molecule has 0 aromatic heterocycles. The third kappa shape index (κ3) is 3.25. The Morgan fingerprint density at radius 1 is 1.25 bits per heavy atom. The van der Waals surface area contributed by atoms with E-state index in [4.69, 9.17) is 10.2 Å². The van der Waals surface area contributed by atoms with Crippen LogP contribution in [0.25, 0.3) is 0 Å². The first kappa shape index (κ1) is 10.8.